The van der Waals surface area contributed by atoms with Crippen molar-refractivity contribution in [1.29, 1.82) is 5.26 Å². The van der Waals surface area contributed by atoms with E-state index in [1.807, 2.05) is 44.9 Å². The number of fused-ring (bicyclic) bond motifs is 3. The number of ether oxygens (including phenoxy) is 1. The summed E-state index contributed by atoms with van der Waals surface area (Å²) < 4.78 is 7.10. The lowest BCUT2D eigenvalue weighted by molar-refractivity contribution is -0.131. The van der Waals surface area contributed by atoms with E-state index in [4.69, 9.17) is 10.00 Å². The Morgan fingerprint density at radius 1 is 1.15 bits per heavy atom. The quantitative estimate of drug-likeness (QED) is 0.586. The number of nitriles is 1. The molecule has 3 aliphatic heterocycles. The van der Waals surface area contributed by atoms with Crippen LogP contribution in [0.5, 0.6) is 0 Å². The highest BCUT2D eigenvalue weighted by Crippen LogP contribution is 2.34. The van der Waals surface area contributed by atoms with Crippen molar-refractivity contribution in [3.05, 3.63) is 18.6 Å². The smallest absolute Gasteiger partial charge is 0.410 e. The Morgan fingerprint density at radius 2 is 1.87 bits per heavy atom. The summed E-state index contributed by atoms with van der Waals surface area (Å²) in [6.45, 7) is 9.74. The molecular formula is C27H36N8O4. The van der Waals surface area contributed by atoms with E-state index in [0.717, 1.165) is 18.2 Å². The number of nitrogens with zero attached hydrogens (tertiary/aromatic N) is 8. The van der Waals surface area contributed by atoms with Gasteiger partial charge in [-0.1, -0.05) is 6.92 Å². The van der Waals surface area contributed by atoms with Crippen LogP contribution in [-0.4, -0.2) is 104 Å². The van der Waals surface area contributed by atoms with Gasteiger partial charge in [-0.3, -0.25) is 9.36 Å². The molecular weight excluding hydrogens is 500 g/mol. The van der Waals surface area contributed by atoms with Crippen molar-refractivity contribution in [1.82, 2.24) is 29.2 Å². The standard InChI is InChI=1S/C27H36N8O4/c1-17-7-10-32(22(36)6-9-28)15-21(17)31(5)23-20-8-11-33(24(20)30-16-29-23)25(37)34-13-19-12-18(34)14-35(19)26(38)39-27(2,3)4/h8,11,16-19,21H,6-7,10,12-15H2,1-5H3/t17-,18+,19+,21+/m1/s1. The Morgan fingerprint density at radius 3 is 2.54 bits per heavy atom. The van der Waals surface area contributed by atoms with Crippen molar-refractivity contribution in [3.63, 3.8) is 0 Å². The third kappa shape index (κ3) is 4.97. The molecule has 3 amide bonds. The molecule has 0 N–H and O–H groups in total. The molecule has 0 unspecified atom stereocenters. The minimum Gasteiger partial charge on any atom is -0.444 e. The Kier molecular flexibility index (Phi) is 6.86. The maximum Gasteiger partial charge on any atom is 0.410 e. The van der Waals surface area contributed by atoms with Crippen molar-refractivity contribution in [3.8, 4) is 6.07 Å². The van der Waals surface area contributed by atoms with Crippen molar-refractivity contribution < 1.29 is 19.1 Å². The fourth-order valence-electron chi connectivity index (χ4n) is 6.07. The van der Waals surface area contributed by atoms with Crippen molar-refractivity contribution >= 4 is 34.9 Å². The lowest BCUT2D eigenvalue weighted by atomic mass is 9.92. The van der Waals surface area contributed by atoms with Crippen LogP contribution in [0.25, 0.3) is 11.0 Å². The number of hydrogen-bond acceptors (Lipinski definition) is 8. The van der Waals surface area contributed by atoms with E-state index >= 15 is 0 Å². The monoisotopic (exact) mass is 536 g/mol. The van der Waals surface area contributed by atoms with E-state index in [-0.39, 0.29) is 42.6 Å². The molecule has 5 heterocycles. The Balaban J connectivity index is 1.33. The molecule has 208 valence electrons. The SMILES string of the molecule is C[C@@H]1CCN(C(=O)CC#N)C[C@@H]1N(C)c1ncnc2c1ccn2C(=O)N1C[C@@H]2C[C@H]1CN2C(=O)OC(C)(C)C. The number of rotatable bonds is 3. The first kappa shape index (κ1) is 26.7. The minimum absolute atomic E-state index is 0.00620. The number of carbonyl (C=O) groups is 3. The van der Waals surface area contributed by atoms with Crippen molar-refractivity contribution in [2.75, 3.05) is 38.1 Å². The van der Waals surface area contributed by atoms with E-state index in [9.17, 15) is 14.4 Å². The normalized spacial score (nSPS) is 24.7. The van der Waals surface area contributed by atoms with Crippen LogP contribution >= 0.6 is 0 Å². The third-order valence-corrected chi connectivity index (χ3v) is 8.11. The molecule has 0 aromatic carbocycles. The van der Waals surface area contributed by atoms with Gasteiger partial charge in [0.15, 0.2) is 5.65 Å². The van der Waals surface area contributed by atoms with Crippen molar-refractivity contribution in [2.24, 2.45) is 5.92 Å². The molecule has 4 atom stereocenters. The highest BCUT2D eigenvalue weighted by molar-refractivity contribution is 5.95. The van der Waals surface area contributed by atoms with E-state index in [1.165, 1.54) is 6.33 Å². The van der Waals surface area contributed by atoms with Gasteiger partial charge < -0.3 is 24.3 Å². The van der Waals surface area contributed by atoms with Gasteiger partial charge >= 0.3 is 12.1 Å². The summed E-state index contributed by atoms with van der Waals surface area (Å²) >= 11 is 0. The zero-order valence-corrected chi connectivity index (χ0v) is 23.2. The van der Waals surface area contributed by atoms with Crippen LogP contribution < -0.4 is 4.90 Å². The molecule has 3 saturated heterocycles. The maximum absolute atomic E-state index is 13.6. The first-order valence-electron chi connectivity index (χ1n) is 13.5. The van der Waals surface area contributed by atoms with Gasteiger partial charge in [-0.05, 0) is 45.6 Å². The zero-order valence-electron chi connectivity index (χ0n) is 23.2. The van der Waals surface area contributed by atoms with Crippen LogP contribution in [0.3, 0.4) is 0 Å². The molecule has 0 aliphatic carbocycles. The number of piperazine rings is 1. The molecule has 2 aromatic rings. The third-order valence-electron chi connectivity index (χ3n) is 8.11. The minimum atomic E-state index is -0.567. The number of likely N-dealkylation sites (tertiary alicyclic amines) is 3. The second-order valence-electron chi connectivity index (χ2n) is 11.9. The summed E-state index contributed by atoms with van der Waals surface area (Å²) in [5, 5.41) is 9.70. The fourth-order valence-corrected chi connectivity index (χ4v) is 6.07. The summed E-state index contributed by atoms with van der Waals surface area (Å²) in [5.41, 5.74) is -0.0485. The molecule has 3 aliphatic rings. The van der Waals surface area contributed by atoms with Crippen LogP contribution in [0.2, 0.25) is 0 Å². The number of aromatic nitrogens is 3. The molecule has 0 radical (unpaired) electrons. The average molecular weight is 537 g/mol. The molecule has 39 heavy (non-hydrogen) atoms. The van der Waals surface area contributed by atoms with Gasteiger partial charge in [0.2, 0.25) is 5.91 Å². The Labute approximate surface area is 228 Å². The molecule has 3 fully saturated rings. The topological polar surface area (TPSA) is 128 Å². The molecule has 12 heteroatoms. The van der Waals surface area contributed by atoms with Gasteiger partial charge in [0.1, 0.15) is 24.2 Å². The van der Waals surface area contributed by atoms with Crippen LogP contribution in [0.1, 0.15) is 47.0 Å². The first-order chi connectivity index (χ1) is 18.5. The summed E-state index contributed by atoms with van der Waals surface area (Å²) in [7, 11) is 1.95. The molecule has 0 spiro atoms. The molecule has 0 saturated carbocycles. The van der Waals surface area contributed by atoms with Crippen LogP contribution in [0, 0.1) is 17.2 Å². The zero-order chi connectivity index (χ0) is 28.1. The van der Waals surface area contributed by atoms with Gasteiger partial charge in [0, 0.05) is 39.4 Å². The first-order valence-corrected chi connectivity index (χ1v) is 13.5. The summed E-state index contributed by atoms with van der Waals surface area (Å²) in [5.74, 6) is 0.845. The summed E-state index contributed by atoms with van der Waals surface area (Å²) in [4.78, 5) is 55.0. The fraction of sp³-hybridized carbons (Fsp3) is 0.630. The van der Waals surface area contributed by atoms with E-state index in [1.54, 1.807) is 20.6 Å². The van der Waals surface area contributed by atoms with Gasteiger partial charge in [0.05, 0.1) is 29.6 Å². The second-order valence-corrected chi connectivity index (χ2v) is 11.9. The van der Waals surface area contributed by atoms with Gasteiger partial charge in [0.25, 0.3) is 0 Å². The van der Waals surface area contributed by atoms with Gasteiger partial charge in [-0.15, -0.1) is 0 Å². The van der Waals surface area contributed by atoms with Crippen LogP contribution in [0.4, 0.5) is 15.4 Å². The number of piperidine rings is 1. The van der Waals surface area contributed by atoms with Crippen LogP contribution in [0.15, 0.2) is 18.6 Å². The Hall–Kier alpha value is -3.88. The van der Waals surface area contributed by atoms with Gasteiger partial charge in [-0.2, -0.15) is 5.26 Å². The number of hydrogen-bond donors (Lipinski definition) is 0. The molecule has 5 rings (SSSR count). The van der Waals surface area contributed by atoms with E-state index in [2.05, 4.69) is 21.8 Å². The Bertz CT molecular complexity index is 1330. The average Bonchev–Trinajstić information content (AvgIpc) is 3.61. The number of likely N-dealkylation sites (N-methyl/N-ethyl adjacent to an activating group) is 1. The number of anilines is 1. The van der Waals surface area contributed by atoms with Crippen LogP contribution in [-0.2, 0) is 9.53 Å². The lowest BCUT2D eigenvalue weighted by Gasteiger charge is -2.42. The van der Waals surface area contributed by atoms with Gasteiger partial charge in [-0.25, -0.2) is 19.6 Å². The van der Waals surface area contributed by atoms with Crippen molar-refractivity contribution in [2.45, 2.75) is 70.7 Å². The number of carbonyl (C=O) groups excluding carboxylic acids is 3. The van der Waals surface area contributed by atoms with E-state index < -0.39 is 5.60 Å². The van der Waals surface area contributed by atoms with E-state index in [0.29, 0.717) is 43.6 Å². The molecule has 12 nitrogen and oxygen atoms in total. The predicted molar refractivity (Wildman–Crippen MR) is 143 cm³/mol. The highest BCUT2D eigenvalue weighted by atomic mass is 16.6. The summed E-state index contributed by atoms with van der Waals surface area (Å²) in [6.07, 6.45) is 4.29. The maximum atomic E-state index is 13.6. The summed E-state index contributed by atoms with van der Waals surface area (Å²) in [6, 6.07) is 3.50. The second kappa shape index (κ2) is 10.0. The predicted octanol–water partition coefficient (Wildman–Crippen LogP) is 2.68. The lowest BCUT2D eigenvalue weighted by Crippen LogP contribution is -2.52. The molecule has 2 bridgehead atoms. The largest absolute Gasteiger partial charge is 0.444 e. The number of amides is 3. The highest BCUT2D eigenvalue weighted by Gasteiger charge is 2.48. The molecule has 2 aromatic heterocycles.